The zero-order chi connectivity index (χ0) is 17.7. The molecular weight excluding hydrogens is 314 g/mol. The molecule has 2 atom stereocenters. The van der Waals surface area contributed by atoms with Gasteiger partial charge in [0.1, 0.15) is 5.75 Å². The second kappa shape index (κ2) is 5.92. The molecule has 2 aromatic rings. The number of rotatable bonds is 3. The predicted octanol–water partition coefficient (Wildman–Crippen LogP) is 2.61. The predicted molar refractivity (Wildman–Crippen MR) is 99.5 cm³/mol. The van der Waals surface area contributed by atoms with E-state index >= 15 is 0 Å². The van der Waals surface area contributed by atoms with Crippen LogP contribution in [0.1, 0.15) is 25.0 Å². The van der Waals surface area contributed by atoms with Crippen LogP contribution in [-0.2, 0) is 11.2 Å². The van der Waals surface area contributed by atoms with Crippen molar-refractivity contribution in [3.63, 3.8) is 0 Å². The first-order valence-electron chi connectivity index (χ1n) is 9.08. The van der Waals surface area contributed by atoms with E-state index in [1.807, 2.05) is 31.0 Å². The highest BCUT2D eigenvalue weighted by atomic mass is 16.3. The zero-order valence-corrected chi connectivity index (χ0v) is 15.0. The SMILES string of the molecule is CCN(CC)C(=O)[C@@H]1C=C2c3c(O)ccc4[nH]cc(c34)C[C@H]2N(C)C1. The van der Waals surface area contributed by atoms with Crippen LogP contribution in [0.3, 0.4) is 0 Å². The number of amides is 1. The minimum absolute atomic E-state index is 0.161. The molecule has 0 unspecified atom stereocenters. The minimum Gasteiger partial charge on any atom is -0.507 e. The van der Waals surface area contributed by atoms with E-state index in [-0.39, 0.29) is 17.9 Å². The van der Waals surface area contributed by atoms with Crippen molar-refractivity contribution in [2.75, 3.05) is 26.7 Å². The summed E-state index contributed by atoms with van der Waals surface area (Å²) < 4.78 is 0. The van der Waals surface area contributed by atoms with Crippen molar-refractivity contribution < 1.29 is 9.90 Å². The van der Waals surface area contributed by atoms with Gasteiger partial charge in [-0.1, -0.05) is 6.08 Å². The van der Waals surface area contributed by atoms with Crippen LogP contribution in [0.4, 0.5) is 0 Å². The van der Waals surface area contributed by atoms with Crippen molar-refractivity contribution in [1.29, 1.82) is 0 Å². The number of benzene rings is 1. The second-order valence-electron chi connectivity index (χ2n) is 7.09. The Morgan fingerprint density at radius 1 is 1.36 bits per heavy atom. The molecule has 5 nitrogen and oxygen atoms in total. The number of fused-ring (bicyclic) bond motifs is 2. The summed E-state index contributed by atoms with van der Waals surface area (Å²) in [4.78, 5) is 20.3. The van der Waals surface area contributed by atoms with Crippen molar-refractivity contribution in [2.45, 2.75) is 26.3 Å². The van der Waals surface area contributed by atoms with Crippen LogP contribution in [0, 0.1) is 5.92 Å². The molecule has 1 aromatic carbocycles. The van der Waals surface area contributed by atoms with Crippen LogP contribution >= 0.6 is 0 Å². The molecule has 0 spiro atoms. The molecule has 2 N–H and O–H groups in total. The number of H-pyrrole nitrogens is 1. The maximum atomic E-state index is 12.9. The summed E-state index contributed by atoms with van der Waals surface area (Å²) in [6.45, 7) is 6.21. The number of carbonyl (C=O) groups is 1. The highest BCUT2D eigenvalue weighted by Gasteiger charge is 2.37. The number of aromatic amines is 1. The van der Waals surface area contributed by atoms with E-state index < -0.39 is 0 Å². The summed E-state index contributed by atoms with van der Waals surface area (Å²) in [6.07, 6.45) is 5.06. The van der Waals surface area contributed by atoms with Crippen molar-refractivity contribution in [2.24, 2.45) is 5.92 Å². The quantitative estimate of drug-likeness (QED) is 0.904. The van der Waals surface area contributed by atoms with Gasteiger partial charge in [0, 0.05) is 48.3 Å². The lowest BCUT2D eigenvalue weighted by Crippen LogP contribution is -2.47. The molecule has 1 aliphatic heterocycles. The van der Waals surface area contributed by atoms with E-state index in [0.717, 1.165) is 48.1 Å². The van der Waals surface area contributed by atoms with E-state index in [4.69, 9.17) is 0 Å². The summed E-state index contributed by atoms with van der Waals surface area (Å²) in [7, 11) is 2.08. The van der Waals surface area contributed by atoms with Crippen LogP contribution < -0.4 is 0 Å². The van der Waals surface area contributed by atoms with E-state index in [9.17, 15) is 9.90 Å². The third-order valence-electron chi connectivity index (χ3n) is 5.76. The molecule has 1 aliphatic carbocycles. The van der Waals surface area contributed by atoms with Gasteiger partial charge in [-0.15, -0.1) is 0 Å². The highest BCUT2D eigenvalue weighted by Crippen LogP contribution is 2.44. The second-order valence-corrected chi connectivity index (χ2v) is 7.09. The largest absolute Gasteiger partial charge is 0.507 e. The van der Waals surface area contributed by atoms with Gasteiger partial charge < -0.3 is 15.0 Å². The van der Waals surface area contributed by atoms with Gasteiger partial charge in [-0.3, -0.25) is 9.69 Å². The Morgan fingerprint density at radius 2 is 2.12 bits per heavy atom. The van der Waals surface area contributed by atoms with Gasteiger partial charge in [0.05, 0.1) is 5.92 Å². The molecule has 0 radical (unpaired) electrons. The molecule has 2 aliphatic rings. The number of aromatic hydroxyl groups is 1. The fraction of sp³-hybridized carbons (Fsp3) is 0.450. The van der Waals surface area contributed by atoms with Gasteiger partial charge in [-0.2, -0.15) is 0 Å². The minimum atomic E-state index is -0.161. The fourth-order valence-electron chi connectivity index (χ4n) is 4.43. The number of likely N-dealkylation sites (N-methyl/N-ethyl adjacent to an activating group) is 1. The molecule has 1 aromatic heterocycles. The summed E-state index contributed by atoms with van der Waals surface area (Å²) in [5, 5.41) is 11.7. The Bertz CT molecular complexity index is 863. The number of nitrogens with one attached hydrogen (secondary N) is 1. The smallest absolute Gasteiger partial charge is 0.230 e. The number of carbonyl (C=O) groups excluding carboxylic acids is 1. The summed E-state index contributed by atoms with van der Waals surface area (Å²) in [5.41, 5.74) is 4.27. The third kappa shape index (κ3) is 2.37. The Morgan fingerprint density at radius 3 is 2.84 bits per heavy atom. The summed E-state index contributed by atoms with van der Waals surface area (Å²) in [5.74, 6) is 0.314. The number of nitrogens with zero attached hydrogens (tertiary/aromatic N) is 2. The fourth-order valence-corrected chi connectivity index (χ4v) is 4.43. The van der Waals surface area contributed by atoms with Gasteiger partial charge in [-0.25, -0.2) is 0 Å². The Kier molecular flexibility index (Phi) is 3.84. The first-order chi connectivity index (χ1) is 12.0. The summed E-state index contributed by atoms with van der Waals surface area (Å²) in [6, 6.07) is 3.88. The van der Waals surface area contributed by atoms with Gasteiger partial charge in [0.2, 0.25) is 5.91 Å². The number of phenolic OH excluding ortho intramolecular Hbond substituents is 1. The first-order valence-corrected chi connectivity index (χ1v) is 9.08. The Balaban J connectivity index is 1.85. The number of aromatic nitrogens is 1. The zero-order valence-electron chi connectivity index (χ0n) is 15.0. The number of phenols is 1. The van der Waals surface area contributed by atoms with Crippen LogP contribution in [-0.4, -0.2) is 58.5 Å². The molecule has 0 bridgehead atoms. The lowest BCUT2D eigenvalue weighted by Gasteiger charge is -2.40. The van der Waals surface area contributed by atoms with Crippen LogP contribution in [0.25, 0.3) is 16.5 Å². The molecular formula is C20H25N3O2. The molecule has 132 valence electrons. The van der Waals surface area contributed by atoms with Crippen LogP contribution in [0.5, 0.6) is 5.75 Å². The van der Waals surface area contributed by atoms with Crippen LogP contribution in [0.15, 0.2) is 24.4 Å². The highest BCUT2D eigenvalue weighted by molar-refractivity contribution is 6.01. The average molecular weight is 339 g/mol. The molecule has 0 fully saturated rings. The third-order valence-corrected chi connectivity index (χ3v) is 5.76. The van der Waals surface area contributed by atoms with Gasteiger partial charge in [0.15, 0.2) is 0 Å². The van der Waals surface area contributed by atoms with Crippen molar-refractivity contribution in [1.82, 2.24) is 14.8 Å². The van der Waals surface area contributed by atoms with Crippen molar-refractivity contribution >= 4 is 22.4 Å². The van der Waals surface area contributed by atoms with Crippen molar-refractivity contribution in [3.05, 3.63) is 35.5 Å². The maximum Gasteiger partial charge on any atom is 0.230 e. The van der Waals surface area contributed by atoms with E-state index in [1.165, 1.54) is 5.56 Å². The van der Waals surface area contributed by atoms with E-state index in [0.29, 0.717) is 5.75 Å². The van der Waals surface area contributed by atoms with Gasteiger partial charge >= 0.3 is 0 Å². The topological polar surface area (TPSA) is 59.6 Å². The lowest BCUT2D eigenvalue weighted by molar-refractivity contribution is -0.134. The molecule has 4 rings (SSSR count). The molecule has 0 saturated heterocycles. The Labute approximate surface area is 147 Å². The molecule has 0 saturated carbocycles. The monoisotopic (exact) mass is 339 g/mol. The standard InChI is InChI=1S/C20H25N3O2/c1-4-23(5-2)20(25)13-8-14-16(22(3)11-13)9-12-10-21-15-6-7-17(24)19(14)18(12)15/h6-8,10,13,16,21,24H,4-5,9,11H2,1-3H3/t13-,16-/m1/s1. The molecule has 2 heterocycles. The lowest BCUT2D eigenvalue weighted by atomic mass is 9.79. The van der Waals surface area contributed by atoms with E-state index in [1.54, 1.807) is 6.07 Å². The maximum absolute atomic E-state index is 12.9. The first kappa shape index (κ1) is 16.2. The van der Waals surface area contributed by atoms with Gasteiger partial charge in [-0.05, 0) is 50.6 Å². The van der Waals surface area contributed by atoms with Crippen molar-refractivity contribution in [3.8, 4) is 5.75 Å². The van der Waals surface area contributed by atoms with Gasteiger partial charge in [0.25, 0.3) is 0 Å². The number of hydrogen-bond acceptors (Lipinski definition) is 3. The molecule has 1 amide bonds. The average Bonchev–Trinajstić information content (AvgIpc) is 3.02. The summed E-state index contributed by atoms with van der Waals surface area (Å²) >= 11 is 0. The molecule has 5 heteroatoms. The Hall–Kier alpha value is -2.27. The van der Waals surface area contributed by atoms with Crippen LogP contribution in [0.2, 0.25) is 0 Å². The number of hydrogen-bond donors (Lipinski definition) is 2. The normalized spacial score (nSPS) is 22.6. The van der Waals surface area contributed by atoms with E-state index in [2.05, 4.69) is 23.0 Å². The molecule has 25 heavy (non-hydrogen) atoms.